The van der Waals surface area contributed by atoms with E-state index >= 15 is 0 Å². The van der Waals surface area contributed by atoms with E-state index in [9.17, 15) is 4.79 Å². The zero-order chi connectivity index (χ0) is 19.5. The van der Waals surface area contributed by atoms with Crippen LogP contribution in [0.4, 0.5) is 5.69 Å². The van der Waals surface area contributed by atoms with Crippen molar-refractivity contribution >= 4 is 17.3 Å². The van der Waals surface area contributed by atoms with E-state index in [0.29, 0.717) is 17.4 Å². The summed E-state index contributed by atoms with van der Waals surface area (Å²) in [5.41, 5.74) is 1.44. The van der Waals surface area contributed by atoms with Crippen LogP contribution in [-0.2, 0) is 6.67 Å². The molecule has 0 atom stereocenters. The molecular weight excluding hydrogens is 380 g/mol. The van der Waals surface area contributed by atoms with E-state index in [2.05, 4.69) is 27.5 Å². The number of tetrazole rings is 1. The number of methoxy groups -OCH3 is 1. The Hall–Kier alpha value is -2.84. The molecule has 146 valence electrons. The Morgan fingerprint density at radius 1 is 1.07 bits per heavy atom. The van der Waals surface area contributed by atoms with Gasteiger partial charge in [0.2, 0.25) is 0 Å². The van der Waals surface area contributed by atoms with Crippen LogP contribution in [0, 0.1) is 0 Å². The molecule has 1 aromatic heterocycles. The Morgan fingerprint density at radius 3 is 2.46 bits per heavy atom. The Kier molecular flexibility index (Phi) is 5.31. The maximum absolute atomic E-state index is 12.6. The molecule has 0 unspecified atom stereocenters. The topological polar surface area (TPSA) is 69.6 Å². The third kappa shape index (κ3) is 3.74. The number of para-hydroxylation sites is 1. The molecule has 1 aliphatic heterocycles. The second kappa shape index (κ2) is 8.04. The van der Waals surface area contributed by atoms with Gasteiger partial charge in [0.1, 0.15) is 5.75 Å². The van der Waals surface area contributed by atoms with Gasteiger partial charge in [-0.1, -0.05) is 23.7 Å². The summed E-state index contributed by atoms with van der Waals surface area (Å²) < 4.78 is 7.86. The van der Waals surface area contributed by atoms with Gasteiger partial charge in [0, 0.05) is 5.69 Å². The number of hydrogen-bond acceptors (Lipinski definition) is 5. The Labute approximate surface area is 167 Å². The van der Waals surface area contributed by atoms with Crippen molar-refractivity contribution in [2.75, 3.05) is 38.2 Å². The lowest BCUT2D eigenvalue weighted by Gasteiger charge is -2.33. The van der Waals surface area contributed by atoms with Crippen LogP contribution in [0.1, 0.15) is 0 Å². The quantitative estimate of drug-likeness (QED) is 0.672. The lowest BCUT2D eigenvalue weighted by Crippen LogP contribution is -3.14. The fourth-order valence-corrected chi connectivity index (χ4v) is 3.61. The maximum atomic E-state index is 12.6. The monoisotopic (exact) mass is 401 g/mol. The molecule has 3 aromatic rings. The zero-order valence-corrected chi connectivity index (χ0v) is 16.3. The lowest BCUT2D eigenvalue weighted by molar-refractivity contribution is -0.924. The number of aromatic nitrogens is 4. The van der Waals surface area contributed by atoms with Crippen LogP contribution in [0.15, 0.2) is 53.3 Å². The highest BCUT2D eigenvalue weighted by Gasteiger charge is 2.22. The number of nitrogens with one attached hydrogen (secondary N) is 1. The van der Waals surface area contributed by atoms with E-state index in [1.54, 1.807) is 19.2 Å². The van der Waals surface area contributed by atoms with Crippen molar-refractivity contribution in [3.05, 3.63) is 64.0 Å². The minimum absolute atomic E-state index is 0.279. The summed E-state index contributed by atoms with van der Waals surface area (Å²) in [6.45, 7) is 4.14. The Bertz CT molecular complexity index is 992. The first-order chi connectivity index (χ1) is 13.7. The molecule has 1 saturated heterocycles. The van der Waals surface area contributed by atoms with Crippen LogP contribution in [0.3, 0.4) is 0 Å². The largest absolute Gasteiger partial charge is 0.497 e. The maximum Gasteiger partial charge on any atom is 0.373 e. The third-order valence-electron chi connectivity index (χ3n) is 5.00. The van der Waals surface area contributed by atoms with E-state index in [4.69, 9.17) is 16.3 Å². The molecule has 0 bridgehead atoms. The summed E-state index contributed by atoms with van der Waals surface area (Å²) in [4.78, 5) is 16.3. The first kappa shape index (κ1) is 18.5. The summed E-state index contributed by atoms with van der Waals surface area (Å²) in [7, 11) is 1.67. The van der Waals surface area contributed by atoms with Gasteiger partial charge in [0.25, 0.3) is 0 Å². The number of anilines is 1. The molecule has 1 N–H and O–H groups in total. The molecule has 9 heteroatoms. The van der Waals surface area contributed by atoms with Crippen LogP contribution >= 0.6 is 11.6 Å². The molecule has 4 rings (SSSR count). The van der Waals surface area contributed by atoms with Gasteiger partial charge in [-0.05, 0) is 46.8 Å². The predicted molar refractivity (Wildman–Crippen MR) is 107 cm³/mol. The van der Waals surface area contributed by atoms with Gasteiger partial charge >= 0.3 is 5.69 Å². The fraction of sp³-hybridized carbons (Fsp3) is 0.316. The molecule has 28 heavy (non-hydrogen) atoms. The van der Waals surface area contributed by atoms with Crippen LogP contribution in [0.25, 0.3) is 5.69 Å². The number of rotatable bonds is 5. The Balaban J connectivity index is 1.40. The molecule has 2 heterocycles. The molecule has 0 saturated carbocycles. The SMILES string of the molecule is COc1ccc(N2CC[NH+](Cn3nnn(-c4ccccc4Cl)c3=O)CC2)cc1. The number of piperazine rings is 1. The van der Waals surface area contributed by atoms with Crippen LogP contribution in [0.5, 0.6) is 5.75 Å². The number of hydrogen-bond donors (Lipinski definition) is 1. The minimum atomic E-state index is -0.279. The molecule has 1 aliphatic rings. The highest BCUT2D eigenvalue weighted by atomic mass is 35.5. The van der Waals surface area contributed by atoms with Gasteiger partial charge < -0.3 is 14.5 Å². The standard InChI is InChI=1S/C19H21ClN6O2/c1-28-16-8-6-15(7-9-16)24-12-10-23(11-13-24)14-25-19(27)26(22-21-25)18-5-3-2-4-17(18)20/h2-9H,10-14H2,1H3/p+1. The van der Waals surface area contributed by atoms with Crippen LogP contribution < -0.4 is 20.2 Å². The van der Waals surface area contributed by atoms with E-state index in [1.165, 1.54) is 20.0 Å². The molecular formula is C19H22ClN6O2+. The molecule has 2 aromatic carbocycles. The first-order valence-corrected chi connectivity index (χ1v) is 9.54. The first-order valence-electron chi connectivity index (χ1n) is 9.16. The van der Waals surface area contributed by atoms with Crippen molar-refractivity contribution in [3.63, 3.8) is 0 Å². The van der Waals surface area contributed by atoms with Gasteiger partial charge in [-0.25, -0.2) is 4.79 Å². The summed E-state index contributed by atoms with van der Waals surface area (Å²) in [5, 5.41) is 8.49. The van der Waals surface area contributed by atoms with Gasteiger partial charge in [0.05, 0.1) is 44.0 Å². The number of nitrogens with zero attached hydrogens (tertiary/aromatic N) is 5. The number of benzene rings is 2. The molecule has 0 spiro atoms. The van der Waals surface area contributed by atoms with Gasteiger partial charge in [-0.3, -0.25) is 0 Å². The highest BCUT2D eigenvalue weighted by molar-refractivity contribution is 6.32. The van der Waals surface area contributed by atoms with E-state index in [-0.39, 0.29) is 5.69 Å². The molecule has 0 amide bonds. The highest BCUT2D eigenvalue weighted by Crippen LogP contribution is 2.19. The predicted octanol–water partition coefficient (Wildman–Crippen LogP) is 0.454. The lowest BCUT2D eigenvalue weighted by atomic mass is 10.2. The number of quaternary nitrogens is 1. The summed E-state index contributed by atoms with van der Waals surface area (Å²) in [5.74, 6) is 0.856. The van der Waals surface area contributed by atoms with Crippen molar-refractivity contribution in [2.24, 2.45) is 0 Å². The van der Waals surface area contributed by atoms with Crippen molar-refractivity contribution < 1.29 is 9.64 Å². The average Bonchev–Trinajstić information content (AvgIpc) is 3.09. The average molecular weight is 402 g/mol. The molecule has 1 fully saturated rings. The smallest absolute Gasteiger partial charge is 0.373 e. The molecule has 0 radical (unpaired) electrons. The zero-order valence-electron chi connectivity index (χ0n) is 15.6. The van der Waals surface area contributed by atoms with Crippen LogP contribution in [0.2, 0.25) is 5.02 Å². The fourth-order valence-electron chi connectivity index (χ4n) is 3.39. The molecule has 8 nitrogen and oxygen atoms in total. The van der Waals surface area contributed by atoms with Crippen molar-refractivity contribution in [1.82, 2.24) is 19.8 Å². The second-order valence-electron chi connectivity index (χ2n) is 6.72. The summed E-state index contributed by atoms with van der Waals surface area (Å²) in [6.07, 6.45) is 0. The summed E-state index contributed by atoms with van der Waals surface area (Å²) in [6, 6.07) is 15.2. The van der Waals surface area contributed by atoms with Gasteiger partial charge in [-0.2, -0.15) is 4.68 Å². The van der Waals surface area contributed by atoms with E-state index in [0.717, 1.165) is 31.9 Å². The van der Waals surface area contributed by atoms with Crippen molar-refractivity contribution in [2.45, 2.75) is 6.67 Å². The number of ether oxygens (including phenoxy) is 1. The Morgan fingerprint density at radius 2 is 1.79 bits per heavy atom. The summed E-state index contributed by atoms with van der Waals surface area (Å²) >= 11 is 6.17. The van der Waals surface area contributed by atoms with Crippen LogP contribution in [-0.4, -0.2) is 53.1 Å². The molecule has 0 aliphatic carbocycles. The van der Waals surface area contributed by atoms with Gasteiger partial charge in [0.15, 0.2) is 6.67 Å². The number of halogens is 1. The van der Waals surface area contributed by atoms with Crippen molar-refractivity contribution in [3.8, 4) is 11.4 Å². The second-order valence-corrected chi connectivity index (χ2v) is 7.12. The van der Waals surface area contributed by atoms with Crippen molar-refractivity contribution in [1.29, 1.82) is 0 Å². The van der Waals surface area contributed by atoms with E-state index in [1.807, 2.05) is 24.3 Å². The normalized spacial score (nSPS) is 15.0. The van der Waals surface area contributed by atoms with E-state index < -0.39 is 0 Å². The van der Waals surface area contributed by atoms with Gasteiger partial charge in [-0.15, -0.1) is 4.68 Å². The minimum Gasteiger partial charge on any atom is -0.497 e. The third-order valence-corrected chi connectivity index (χ3v) is 5.32.